The Morgan fingerprint density at radius 3 is 2.64 bits per heavy atom. The van der Waals surface area contributed by atoms with Gasteiger partial charge in [-0.2, -0.15) is 0 Å². The molecule has 1 fully saturated rings. The lowest BCUT2D eigenvalue weighted by atomic mass is 10.0. The van der Waals surface area contributed by atoms with Crippen LogP contribution in [0.15, 0.2) is 0 Å². The Labute approximate surface area is 85.9 Å². The third kappa shape index (κ3) is 3.66. The minimum absolute atomic E-state index is 0.0485. The van der Waals surface area contributed by atoms with Crippen LogP contribution in [0.4, 0.5) is 0 Å². The molecule has 0 unspecified atom stereocenters. The van der Waals surface area contributed by atoms with Crippen molar-refractivity contribution in [3.05, 3.63) is 0 Å². The molecule has 1 atom stereocenters. The van der Waals surface area contributed by atoms with Gasteiger partial charge in [0.05, 0.1) is 12.6 Å². The zero-order valence-corrected chi connectivity index (χ0v) is 8.96. The number of nitrogens with one attached hydrogen (secondary N) is 1. The molecule has 1 aliphatic carbocycles. The molecular formula is C11H21NO2. The molecule has 0 radical (unpaired) electrons. The second kappa shape index (κ2) is 6.02. The van der Waals surface area contributed by atoms with Crippen molar-refractivity contribution in [1.82, 2.24) is 5.32 Å². The number of carbonyl (C=O) groups is 1. The van der Waals surface area contributed by atoms with E-state index in [9.17, 15) is 4.79 Å². The molecule has 1 amide bonds. The molecule has 0 saturated heterocycles. The Kier molecular flexibility index (Phi) is 4.94. The zero-order chi connectivity index (χ0) is 10.4. The number of amides is 1. The molecule has 0 heterocycles. The summed E-state index contributed by atoms with van der Waals surface area (Å²) in [5.74, 6) is 0.698. The van der Waals surface area contributed by atoms with Crippen molar-refractivity contribution < 1.29 is 9.90 Å². The van der Waals surface area contributed by atoms with Crippen LogP contribution < -0.4 is 5.32 Å². The van der Waals surface area contributed by atoms with Crippen molar-refractivity contribution in [1.29, 1.82) is 0 Å². The molecule has 1 rings (SSSR count). The van der Waals surface area contributed by atoms with E-state index in [1.807, 2.05) is 6.92 Å². The molecule has 0 aromatic carbocycles. The van der Waals surface area contributed by atoms with Crippen LogP contribution in [0.2, 0.25) is 0 Å². The lowest BCUT2D eigenvalue weighted by molar-refractivity contribution is -0.123. The smallest absolute Gasteiger partial charge is 0.220 e. The number of aliphatic hydroxyl groups is 1. The van der Waals surface area contributed by atoms with Gasteiger partial charge in [0, 0.05) is 6.42 Å². The van der Waals surface area contributed by atoms with Gasteiger partial charge in [-0.15, -0.1) is 0 Å². The van der Waals surface area contributed by atoms with Gasteiger partial charge in [0.1, 0.15) is 0 Å². The SMILES string of the molecule is CC[C@@H](CO)NC(=O)CC1CCCC1. The number of carbonyl (C=O) groups excluding carboxylic acids is 1. The molecule has 0 aromatic rings. The van der Waals surface area contributed by atoms with E-state index in [4.69, 9.17) is 5.11 Å². The zero-order valence-electron chi connectivity index (χ0n) is 8.96. The molecule has 0 bridgehead atoms. The number of hydrogen-bond acceptors (Lipinski definition) is 2. The first kappa shape index (κ1) is 11.5. The highest BCUT2D eigenvalue weighted by Gasteiger charge is 2.19. The van der Waals surface area contributed by atoms with Gasteiger partial charge in [-0.3, -0.25) is 4.79 Å². The predicted molar refractivity (Wildman–Crippen MR) is 55.9 cm³/mol. The second-order valence-electron chi connectivity index (χ2n) is 4.21. The molecule has 0 aromatic heterocycles. The van der Waals surface area contributed by atoms with Gasteiger partial charge in [0.2, 0.25) is 5.91 Å². The summed E-state index contributed by atoms with van der Waals surface area (Å²) in [6, 6.07) is -0.0519. The highest BCUT2D eigenvalue weighted by Crippen LogP contribution is 2.27. The number of hydrogen-bond donors (Lipinski definition) is 2. The minimum Gasteiger partial charge on any atom is -0.394 e. The molecule has 1 aliphatic rings. The summed E-state index contributed by atoms with van der Waals surface area (Å²) < 4.78 is 0. The fourth-order valence-corrected chi connectivity index (χ4v) is 2.04. The third-order valence-electron chi connectivity index (χ3n) is 3.03. The monoisotopic (exact) mass is 199 g/mol. The molecule has 2 N–H and O–H groups in total. The van der Waals surface area contributed by atoms with Crippen molar-refractivity contribution in [3.63, 3.8) is 0 Å². The molecule has 3 heteroatoms. The van der Waals surface area contributed by atoms with E-state index in [0.29, 0.717) is 12.3 Å². The van der Waals surface area contributed by atoms with Crippen LogP contribution in [-0.2, 0) is 4.79 Å². The standard InChI is InChI=1S/C11H21NO2/c1-2-10(8-13)12-11(14)7-9-5-3-4-6-9/h9-10,13H,2-8H2,1H3,(H,12,14)/t10-/m0/s1. The summed E-state index contributed by atoms with van der Waals surface area (Å²) in [6.45, 7) is 2.02. The van der Waals surface area contributed by atoms with E-state index in [1.165, 1.54) is 25.7 Å². The maximum Gasteiger partial charge on any atom is 0.220 e. The maximum atomic E-state index is 11.5. The molecule has 1 saturated carbocycles. The van der Waals surface area contributed by atoms with E-state index in [0.717, 1.165) is 6.42 Å². The molecular weight excluding hydrogens is 178 g/mol. The molecule has 0 aliphatic heterocycles. The van der Waals surface area contributed by atoms with E-state index >= 15 is 0 Å². The first-order valence-electron chi connectivity index (χ1n) is 5.66. The highest BCUT2D eigenvalue weighted by atomic mass is 16.3. The fourth-order valence-electron chi connectivity index (χ4n) is 2.04. The lowest BCUT2D eigenvalue weighted by Gasteiger charge is -2.15. The van der Waals surface area contributed by atoms with Crippen LogP contribution in [0.5, 0.6) is 0 Å². The van der Waals surface area contributed by atoms with Crippen LogP contribution in [0.3, 0.4) is 0 Å². The van der Waals surface area contributed by atoms with Gasteiger partial charge in [0.25, 0.3) is 0 Å². The molecule has 82 valence electrons. The second-order valence-corrected chi connectivity index (χ2v) is 4.21. The van der Waals surface area contributed by atoms with Gasteiger partial charge >= 0.3 is 0 Å². The van der Waals surface area contributed by atoms with Crippen LogP contribution in [0, 0.1) is 5.92 Å². The molecule has 0 spiro atoms. The van der Waals surface area contributed by atoms with Crippen molar-refractivity contribution in [2.24, 2.45) is 5.92 Å². The van der Waals surface area contributed by atoms with Gasteiger partial charge in [-0.25, -0.2) is 0 Å². The van der Waals surface area contributed by atoms with E-state index in [-0.39, 0.29) is 18.6 Å². The summed E-state index contributed by atoms with van der Waals surface area (Å²) in [5, 5.41) is 11.8. The van der Waals surface area contributed by atoms with Gasteiger partial charge < -0.3 is 10.4 Å². The molecule has 3 nitrogen and oxygen atoms in total. The summed E-state index contributed by atoms with van der Waals surface area (Å²) in [4.78, 5) is 11.5. The first-order chi connectivity index (χ1) is 6.76. The van der Waals surface area contributed by atoms with Crippen molar-refractivity contribution in [3.8, 4) is 0 Å². The first-order valence-corrected chi connectivity index (χ1v) is 5.66. The van der Waals surface area contributed by atoms with Crippen LogP contribution in [-0.4, -0.2) is 23.7 Å². The Morgan fingerprint density at radius 1 is 1.50 bits per heavy atom. The van der Waals surface area contributed by atoms with Crippen molar-refractivity contribution in [2.45, 2.75) is 51.5 Å². The Hall–Kier alpha value is -0.570. The Balaban J connectivity index is 2.20. The van der Waals surface area contributed by atoms with Crippen LogP contribution >= 0.6 is 0 Å². The Bertz CT molecular complexity index is 166. The largest absolute Gasteiger partial charge is 0.394 e. The van der Waals surface area contributed by atoms with Crippen LogP contribution in [0.25, 0.3) is 0 Å². The summed E-state index contributed by atoms with van der Waals surface area (Å²) in [5.41, 5.74) is 0. The average Bonchev–Trinajstić information content (AvgIpc) is 2.66. The van der Waals surface area contributed by atoms with Gasteiger partial charge in [-0.05, 0) is 25.2 Å². The van der Waals surface area contributed by atoms with E-state index in [1.54, 1.807) is 0 Å². The van der Waals surface area contributed by atoms with Crippen LogP contribution in [0.1, 0.15) is 45.4 Å². The molecule has 14 heavy (non-hydrogen) atoms. The summed E-state index contributed by atoms with van der Waals surface area (Å²) >= 11 is 0. The third-order valence-corrected chi connectivity index (χ3v) is 3.03. The van der Waals surface area contributed by atoms with E-state index in [2.05, 4.69) is 5.32 Å². The Morgan fingerprint density at radius 2 is 2.14 bits per heavy atom. The van der Waals surface area contributed by atoms with Crippen molar-refractivity contribution in [2.75, 3.05) is 6.61 Å². The number of aliphatic hydroxyl groups excluding tert-OH is 1. The summed E-state index contributed by atoms with van der Waals surface area (Å²) in [6.07, 6.45) is 6.39. The van der Waals surface area contributed by atoms with E-state index < -0.39 is 0 Å². The lowest BCUT2D eigenvalue weighted by Crippen LogP contribution is -2.37. The maximum absolute atomic E-state index is 11.5. The highest BCUT2D eigenvalue weighted by molar-refractivity contribution is 5.76. The average molecular weight is 199 g/mol. The van der Waals surface area contributed by atoms with Crippen molar-refractivity contribution >= 4 is 5.91 Å². The van der Waals surface area contributed by atoms with Gasteiger partial charge in [-0.1, -0.05) is 19.8 Å². The minimum atomic E-state index is -0.0519. The topological polar surface area (TPSA) is 49.3 Å². The van der Waals surface area contributed by atoms with Gasteiger partial charge in [0.15, 0.2) is 0 Å². The predicted octanol–water partition coefficient (Wildman–Crippen LogP) is 1.45. The summed E-state index contributed by atoms with van der Waals surface area (Å²) in [7, 11) is 0. The fraction of sp³-hybridized carbons (Fsp3) is 0.909. The quantitative estimate of drug-likeness (QED) is 0.704. The normalized spacial score (nSPS) is 19.6. The number of rotatable bonds is 5.